The molecule has 4 aromatic rings. The zero-order valence-electron chi connectivity index (χ0n) is 23.1. The summed E-state index contributed by atoms with van der Waals surface area (Å²) < 4.78 is 91.3. The van der Waals surface area contributed by atoms with Crippen LogP contribution in [0.5, 0.6) is 0 Å². The van der Waals surface area contributed by atoms with Gasteiger partial charge in [-0.05, 0) is 6.92 Å². The van der Waals surface area contributed by atoms with Crippen LogP contribution in [0.3, 0.4) is 0 Å². The molecule has 4 aromatic heterocycles. The van der Waals surface area contributed by atoms with Gasteiger partial charge in [-0.15, -0.1) is 0 Å². The summed E-state index contributed by atoms with van der Waals surface area (Å²) in [6, 6.07) is 0. The molecule has 3 aliphatic rings. The number of rotatable bonds is 2. The van der Waals surface area contributed by atoms with Gasteiger partial charge in [0.15, 0.2) is 47.1 Å². The summed E-state index contributed by atoms with van der Waals surface area (Å²) in [5.74, 6) is -0.158. The van der Waals surface area contributed by atoms with Crippen molar-refractivity contribution in [1.29, 1.82) is 0 Å². The van der Waals surface area contributed by atoms with Crippen LogP contribution in [-0.4, -0.2) is 98.8 Å². The molecule has 3 fully saturated rings. The number of hydrogen-bond acceptors (Lipinski definition) is 15. The molecule has 6 N–H and O–H groups in total. The van der Waals surface area contributed by atoms with Crippen molar-refractivity contribution in [2.75, 3.05) is 18.9 Å². The lowest BCUT2D eigenvalue weighted by Crippen LogP contribution is -2.37. The maximum absolute atomic E-state index is 15.9. The fraction of sp³-hybridized carbons (Fsp3) is 0.524. The molecular weight excluding hydrogens is 670 g/mol. The van der Waals surface area contributed by atoms with Crippen LogP contribution in [0, 0.1) is 6.92 Å². The van der Waals surface area contributed by atoms with Crippen molar-refractivity contribution in [3.8, 4) is 0 Å². The van der Waals surface area contributed by atoms with Crippen molar-refractivity contribution in [2.24, 2.45) is 0 Å². The summed E-state index contributed by atoms with van der Waals surface area (Å²) in [6.45, 7) is -0.474. The number of nitrogen functional groups attached to an aromatic ring is 1. The second-order valence-electron chi connectivity index (χ2n) is 10.4. The number of aromatic nitrogens is 8. The van der Waals surface area contributed by atoms with Gasteiger partial charge in [-0.2, -0.15) is 4.98 Å². The number of hydrogen-bond donors (Lipinski definition) is 5. The van der Waals surface area contributed by atoms with Crippen LogP contribution in [0.15, 0.2) is 22.2 Å². The third-order valence-corrected chi connectivity index (χ3v) is 9.37. The fourth-order valence-electron chi connectivity index (χ4n) is 5.41. The highest BCUT2D eigenvalue weighted by Crippen LogP contribution is 2.54. The number of aromatic amines is 2. The van der Waals surface area contributed by atoms with Crippen LogP contribution >= 0.6 is 15.6 Å². The van der Waals surface area contributed by atoms with E-state index in [-0.39, 0.29) is 34.1 Å². The molecule has 0 radical (unpaired) electrons. The minimum Gasteiger partial charge on any atom is -0.369 e. The van der Waals surface area contributed by atoms with Crippen LogP contribution in [-0.2, 0) is 36.7 Å². The van der Waals surface area contributed by atoms with Crippen molar-refractivity contribution in [3.63, 3.8) is 0 Å². The number of alkyl halides is 2. The first-order chi connectivity index (χ1) is 21.7. The summed E-state index contributed by atoms with van der Waals surface area (Å²) in [5.41, 5.74) is 3.54. The Labute approximate surface area is 252 Å². The Bertz CT molecular complexity index is 1910. The Morgan fingerprint density at radius 3 is 1.80 bits per heavy atom. The number of ether oxygens (including phenoxy) is 2. The first kappa shape index (κ1) is 31.1. The van der Waals surface area contributed by atoms with Gasteiger partial charge in [0.1, 0.15) is 30.2 Å². The molecule has 0 saturated carbocycles. The van der Waals surface area contributed by atoms with E-state index in [4.69, 9.17) is 33.3 Å². The Morgan fingerprint density at radius 1 is 0.848 bits per heavy atom. The zero-order chi connectivity index (χ0) is 32.7. The molecule has 46 heavy (non-hydrogen) atoms. The fourth-order valence-corrected chi connectivity index (χ4v) is 7.32. The van der Waals surface area contributed by atoms with Crippen LogP contribution in [0.2, 0.25) is 0 Å². The number of nitrogens with one attached hydrogen (secondary N) is 2. The average molecular weight is 693 g/mol. The molecule has 0 amide bonds. The van der Waals surface area contributed by atoms with Crippen LogP contribution in [0.25, 0.3) is 22.3 Å². The molecule has 25 heteroatoms. The number of imidazole rings is 2. The Morgan fingerprint density at radius 2 is 1.30 bits per heavy atom. The van der Waals surface area contributed by atoms with E-state index in [2.05, 4.69) is 29.9 Å². The van der Waals surface area contributed by atoms with Crippen molar-refractivity contribution in [2.45, 2.75) is 56.1 Å². The lowest BCUT2D eigenvalue weighted by atomic mass is 10.1. The van der Waals surface area contributed by atoms with Crippen molar-refractivity contribution < 1.29 is 55.3 Å². The number of nitrogens with zero attached hydrogens (tertiary/aromatic N) is 6. The van der Waals surface area contributed by atoms with Crippen LogP contribution in [0.1, 0.15) is 18.3 Å². The normalized spacial score (nSPS) is 37.2. The molecule has 0 spiro atoms. The van der Waals surface area contributed by atoms with E-state index in [9.17, 15) is 28.5 Å². The topological polar surface area (TPSA) is 283 Å². The van der Waals surface area contributed by atoms with Gasteiger partial charge in [0, 0.05) is 0 Å². The van der Waals surface area contributed by atoms with Gasteiger partial charge in [0.05, 0.1) is 25.9 Å². The highest BCUT2D eigenvalue weighted by Gasteiger charge is 2.55. The van der Waals surface area contributed by atoms with E-state index in [1.807, 2.05) is 0 Å². The predicted molar refractivity (Wildman–Crippen MR) is 144 cm³/mol. The van der Waals surface area contributed by atoms with Crippen molar-refractivity contribution >= 4 is 43.9 Å². The number of aryl methyl sites for hydroxylation is 1. The molecule has 0 aromatic carbocycles. The monoisotopic (exact) mass is 693 g/mol. The van der Waals surface area contributed by atoms with Crippen LogP contribution < -0.4 is 16.9 Å². The molecule has 3 aliphatic heterocycles. The highest BCUT2D eigenvalue weighted by atomic mass is 31.2. The van der Waals surface area contributed by atoms with Crippen molar-refractivity contribution in [1.82, 2.24) is 39.0 Å². The number of halogens is 2. The third kappa shape index (κ3) is 5.37. The molecule has 2 unspecified atom stereocenters. The van der Waals surface area contributed by atoms with E-state index < -0.39 is 89.2 Å². The van der Waals surface area contributed by atoms with Gasteiger partial charge >= 0.3 is 15.6 Å². The second kappa shape index (κ2) is 11.0. The van der Waals surface area contributed by atoms with E-state index in [0.29, 0.717) is 0 Å². The van der Waals surface area contributed by atoms with Gasteiger partial charge in [-0.1, -0.05) is 0 Å². The number of phosphoric acid groups is 2. The molecule has 7 rings (SSSR count). The van der Waals surface area contributed by atoms with E-state index >= 15 is 8.78 Å². The smallest absolute Gasteiger partial charge is 0.369 e. The van der Waals surface area contributed by atoms with Crippen LogP contribution in [0.4, 0.5) is 14.7 Å². The highest BCUT2D eigenvalue weighted by molar-refractivity contribution is 7.47. The molecule has 21 nitrogen and oxygen atoms in total. The molecule has 248 valence electrons. The van der Waals surface area contributed by atoms with Gasteiger partial charge in [0.2, 0.25) is 5.95 Å². The maximum Gasteiger partial charge on any atom is 0.472 e. The standard InChI is InChI=1S/C21H23F2N9O12P2/c1-6-27-15-11(17(33)28-6)25-4-31(15)19-9(22)13-7(41-19)2-39-46(37,38)44-14-8(3-40-45(35,36)43-13)42-20(10(14)23)32-5-26-12-16(32)29-21(24)30-18(12)34/h4-5,7-10,13-14,19-20H,2-3H2,1H3,(H,35,36)(H,37,38)(H,27,28,33)(H3,24,29,30,34)/t7-,8-,9-,10-,13-,14-,19-,20-/m1/s1. The van der Waals surface area contributed by atoms with Gasteiger partial charge in [0.25, 0.3) is 11.1 Å². The summed E-state index contributed by atoms with van der Waals surface area (Å²) in [6.07, 6.45) is -13.1. The molecule has 0 bridgehead atoms. The second-order valence-corrected chi connectivity index (χ2v) is 13.3. The quantitative estimate of drug-likeness (QED) is 0.167. The lowest BCUT2D eigenvalue weighted by molar-refractivity contribution is -0.0662. The number of phosphoric ester groups is 2. The molecule has 0 aliphatic carbocycles. The summed E-state index contributed by atoms with van der Waals surface area (Å²) in [5, 5.41) is 0. The molecule has 3 saturated heterocycles. The lowest BCUT2D eigenvalue weighted by Gasteiger charge is -2.27. The predicted octanol–water partition coefficient (Wildman–Crippen LogP) is -0.368. The van der Waals surface area contributed by atoms with Gasteiger partial charge in [-0.25, -0.2) is 32.9 Å². The zero-order valence-corrected chi connectivity index (χ0v) is 24.9. The number of nitrogens with two attached hydrogens (primary N) is 1. The first-order valence-corrected chi connectivity index (χ1v) is 16.3. The van der Waals surface area contributed by atoms with Gasteiger partial charge < -0.3 is 30.0 Å². The van der Waals surface area contributed by atoms with E-state index in [0.717, 1.165) is 21.8 Å². The van der Waals surface area contributed by atoms with Gasteiger partial charge in [-0.3, -0.25) is 41.8 Å². The van der Waals surface area contributed by atoms with E-state index in [1.54, 1.807) is 0 Å². The SMILES string of the molecule is Cc1nc2c(ncn2[C@@H]2O[C@@H]3COP(=O)(O)O[C@H]4[C@@H](F)[C@H](n5cnc6c(=O)[nH]c(N)nc65)O[C@@H]4COP(=O)(O)O[C@H]3[C@H]2F)c(=O)[nH]1. The summed E-state index contributed by atoms with van der Waals surface area (Å²) >= 11 is 0. The number of anilines is 1. The Kier molecular flexibility index (Phi) is 7.47. The average Bonchev–Trinajstić information content (AvgIpc) is 3.72. The van der Waals surface area contributed by atoms with E-state index in [1.165, 1.54) is 6.92 Å². The molecular formula is C21H23F2N9O12P2. The molecule has 7 heterocycles. The largest absolute Gasteiger partial charge is 0.472 e. The Balaban J connectivity index is 1.18. The summed E-state index contributed by atoms with van der Waals surface area (Å²) in [4.78, 5) is 66.0. The first-order valence-electron chi connectivity index (χ1n) is 13.3. The molecule has 10 atom stereocenters. The minimum atomic E-state index is -5.20. The number of fused-ring (bicyclic) bond motifs is 4. The minimum absolute atomic E-state index is 0.0894. The van der Waals surface area contributed by atoms with Crippen molar-refractivity contribution in [3.05, 3.63) is 39.2 Å². The number of H-pyrrole nitrogens is 2. The maximum atomic E-state index is 15.9. The third-order valence-electron chi connectivity index (χ3n) is 7.40. The summed E-state index contributed by atoms with van der Waals surface area (Å²) in [7, 11) is -10.4. The Hall–Kier alpha value is -3.50.